The molecule has 0 heterocycles. The molecule has 0 aromatic rings. The maximum Gasteiger partial charge on any atom is -0.0200 e. The van der Waals surface area contributed by atoms with Crippen molar-refractivity contribution in [2.75, 3.05) is 0 Å². The van der Waals surface area contributed by atoms with Gasteiger partial charge in [-0.05, 0) is 12.3 Å². The summed E-state index contributed by atoms with van der Waals surface area (Å²) in [5.74, 6) is 0. The zero-order valence-electron chi connectivity index (χ0n) is 10.3. The molecule has 0 fully saturated rings. The van der Waals surface area contributed by atoms with E-state index in [0.29, 0.717) is 0 Å². The Balaban J connectivity index is 3.86. The largest absolute Gasteiger partial charge is 0.0877 e. The fourth-order valence-electron chi connectivity index (χ4n) is 0.840. The summed E-state index contributed by atoms with van der Waals surface area (Å²) in [6.07, 6.45) is 20.4. The van der Waals surface area contributed by atoms with Gasteiger partial charge in [-0.25, -0.2) is 0 Å². The molecule has 0 heteroatoms. The van der Waals surface area contributed by atoms with Gasteiger partial charge in [0, 0.05) is 0 Å². The first-order valence-electron chi connectivity index (χ1n) is 5.37. The molecular formula is C15H22. The Morgan fingerprint density at radius 2 is 1.00 bits per heavy atom. The molecule has 0 aliphatic heterocycles. The van der Waals surface area contributed by atoms with Crippen LogP contribution in [0.1, 0.15) is 27.7 Å². The molecular weight excluding hydrogens is 180 g/mol. The summed E-state index contributed by atoms with van der Waals surface area (Å²) in [4.78, 5) is 0. The second kappa shape index (κ2) is 8.05. The van der Waals surface area contributed by atoms with E-state index in [1.54, 1.807) is 0 Å². The lowest BCUT2D eigenvalue weighted by molar-refractivity contribution is 0.544. The summed E-state index contributed by atoms with van der Waals surface area (Å²) in [5, 5.41) is 0. The van der Waals surface area contributed by atoms with Crippen LogP contribution >= 0.6 is 0 Å². The van der Waals surface area contributed by atoms with E-state index in [2.05, 4.69) is 32.9 Å². The molecule has 0 unspecified atom stereocenters. The number of hydrogen-bond donors (Lipinski definition) is 0. The lowest BCUT2D eigenvalue weighted by Crippen LogP contribution is -1.97. The van der Waals surface area contributed by atoms with Crippen LogP contribution in [0.2, 0.25) is 0 Å². The second-order valence-corrected chi connectivity index (χ2v) is 4.41. The lowest BCUT2D eigenvalue weighted by Gasteiger charge is -2.09. The minimum atomic E-state index is 0.264. The van der Waals surface area contributed by atoms with Gasteiger partial charge in [0.15, 0.2) is 0 Å². The number of hydrogen-bond acceptors (Lipinski definition) is 0. The van der Waals surface area contributed by atoms with Crippen LogP contribution in [0.15, 0.2) is 60.8 Å². The first-order valence-corrected chi connectivity index (χ1v) is 5.37. The Hall–Kier alpha value is -1.30. The van der Waals surface area contributed by atoms with Gasteiger partial charge in [0.05, 0.1) is 0 Å². The Labute approximate surface area is 94.4 Å². The smallest absolute Gasteiger partial charge is 0.0200 e. The molecule has 15 heavy (non-hydrogen) atoms. The van der Waals surface area contributed by atoms with Crippen LogP contribution < -0.4 is 0 Å². The van der Waals surface area contributed by atoms with Crippen LogP contribution in [0.5, 0.6) is 0 Å². The molecule has 0 atom stereocenters. The average Bonchev–Trinajstić information content (AvgIpc) is 2.14. The van der Waals surface area contributed by atoms with Gasteiger partial charge < -0.3 is 0 Å². The van der Waals surface area contributed by atoms with Crippen molar-refractivity contribution in [3.63, 3.8) is 0 Å². The predicted molar refractivity (Wildman–Crippen MR) is 70.8 cm³/mol. The van der Waals surface area contributed by atoms with E-state index >= 15 is 0 Å². The Morgan fingerprint density at radius 3 is 1.40 bits per heavy atom. The van der Waals surface area contributed by atoms with E-state index in [1.807, 2.05) is 55.5 Å². The van der Waals surface area contributed by atoms with Gasteiger partial charge in [-0.3, -0.25) is 0 Å². The minimum absolute atomic E-state index is 0.264. The third-order valence-electron chi connectivity index (χ3n) is 1.57. The molecule has 0 aliphatic carbocycles. The third kappa shape index (κ3) is 12.7. The molecule has 82 valence electrons. The maximum atomic E-state index is 2.19. The molecule has 0 aromatic carbocycles. The Kier molecular flexibility index (Phi) is 7.35. The fourth-order valence-corrected chi connectivity index (χ4v) is 0.840. The molecule has 0 radical (unpaired) electrons. The third-order valence-corrected chi connectivity index (χ3v) is 1.57. The summed E-state index contributed by atoms with van der Waals surface area (Å²) >= 11 is 0. The summed E-state index contributed by atoms with van der Waals surface area (Å²) in [7, 11) is 0. The van der Waals surface area contributed by atoms with Gasteiger partial charge in [-0.1, -0.05) is 81.5 Å². The van der Waals surface area contributed by atoms with E-state index in [-0.39, 0.29) is 5.41 Å². The Morgan fingerprint density at radius 1 is 0.600 bits per heavy atom. The highest BCUT2D eigenvalue weighted by molar-refractivity contribution is 5.18. The van der Waals surface area contributed by atoms with Gasteiger partial charge >= 0.3 is 0 Å². The van der Waals surface area contributed by atoms with E-state index < -0.39 is 0 Å². The molecule has 0 saturated carbocycles. The zero-order valence-corrected chi connectivity index (χ0v) is 10.3. The van der Waals surface area contributed by atoms with Crippen LogP contribution in [-0.2, 0) is 0 Å². The van der Waals surface area contributed by atoms with Crippen molar-refractivity contribution in [2.45, 2.75) is 27.7 Å². The minimum Gasteiger partial charge on any atom is -0.0877 e. The SMILES string of the molecule is CC=CC=CC=CC=CC=CC(C)(C)C. The molecule has 0 N–H and O–H groups in total. The molecule has 0 rings (SSSR count). The highest BCUT2D eigenvalue weighted by Crippen LogP contribution is 2.14. The molecule has 0 amide bonds. The summed E-state index contributed by atoms with van der Waals surface area (Å²) in [6, 6.07) is 0. The molecule has 0 bridgehead atoms. The zero-order chi connectivity index (χ0) is 11.6. The molecule has 0 aliphatic rings. The molecule has 0 aromatic heterocycles. The summed E-state index contributed by atoms with van der Waals surface area (Å²) in [5.41, 5.74) is 0.264. The molecule has 0 saturated heterocycles. The van der Waals surface area contributed by atoms with Gasteiger partial charge in [-0.15, -0.1) is 0 Å². The highest BCUT2D eigenvalue weighted by Gasteiger charge is 2.01. The molecule has 0 nitrogen and oxygen atoms in total. The van der Waals surface area contributed by atoms with Gasteiger partial charge in [0.2, 0.25) is 0 Å². The fraction of sp³-hybridized carbons (Fsp3) is 0.333. The topological polar surface area (TPSA) is 0 Å². The van der Waals surface area contributed by atoms with Crippen LogP contribution in [0.3, 0.4) is 0 Å². The predicted octanol–water partition coefficient (Wildman–Crippen LogP) is 4.83. The van der Waals surface area contributed by atoms with Crippen molar-refractivity contribution in [3.05, 3.63) is 60.8 Å². The van der Waals surface area contributed by atoms with Crippen molar-refractivity contribution < 1.29 is 0 Å². The van der Waals surface area contributed by atoms with Gasteiger partial charge in [-0.2, -0.15) is 0 Å². The summed E-state index contributed by atoms with van der Waals surface area (Å²) in [6.45, 7) is 8.57. The van der Waals surface area contributed by atoms with E-state index in [9.17, 15) is 0 Å². The first kappa shape index (κ1) is 13.7. The normalized spacial score (nSPS) is 14.7. The van der Waals surface area contributed by atoms with Gasteiger partial charge in [0.25, 0.3) is 0 Å². The molecule has 0 spiro atoms. The second-order valence-electron chi connectivity index (χ2n) is 4.41. The van der Waals surface area contributed by atoms with E-state index in [4.69, 9.17) is 0 Å². The average molecular weight is 202 g/mol. The quantitative estimate of drug-likeness (QED) is 0.573. The van der Waals surface area contributed by atoms with Crippen LogP contribution in [0, 0.1) is 5.41 Å². The first-order chi connectivity index (χ1) is 7.06. The lowest BCUT2D eigenvalue weighted by atomic mass is 9.96. The van der Waals surface area contributed by atoms with Crippen molar-refractivity contribution in [3.8, 4) is 0 Å². The van der Waals surface area contributed by atoms with Crippen LogP contribution in [0.25, 0.3) is 0 Å². The summed E-state index contributed by atoms with van der Waals surface area (Å²) < 4.78 is 0. The maximum absolute atomic E-state index is 2.19. The number of allylic oxidation sites excluding steroid dienone is 10. The van der Waals surface area contributed by atoms with Crippen LogP contribution in [-0.4, -0.2) is 0 Å². The highest BCUT2D eigenvalue weighted by atomic mass is 14.1. The van der Waals surface area contributed by atoms with Crippen LogP contribution in [0.4, 0.5) is 0 Å². The standard InChI is InChI=1S/C15H22/c1-5-6-7-8-9-10-11-12-13-14-15(2,3)4/h5-14H,1-4H3. The van der Waals surface area contributed by atoms with Crippen molar-refractivity contribution in [1.29, 1.82) is 0 Å². The van der Waals surface area contributed by atoms with E-state index in [1.165, 1.54) is 0 Å². The van der Waals surface area contributed by atoms with Gasteiger partial charge in [0.1, 0.15) is 0 Å². The van der Waals surface area contributed by atoms with Crippen molar-refractivity contribution in [2.24, 2.45) is 5.41 Å². The monoisotopic (exact) mass is 202 g/mol. The van der Waals surface area contributed by atoms with E-state index in [0.717, 1.165) is 0 Å². The Bertz CT molecular complexity index is 278. The van der Waals surface area contributed by atoms with Crippen molar-refractivity contribution in [1.82, 2.24) is 0 Å². The van der Waals surface area contributed by atoms with Crippen molar-refractivity contribution >= 4 is 0 Å². The number of rotatable bonds is 4.